The van der Waals surface area contributed by atoms with Gasteiger partial charge in [-0.05, 0) is 55.8 Å². The first-order valence-corrected chi connectivity index (χ1v) is 13.2. The van der Waals surface area contributed by atoms with Crippen LogP contribution in [-0.4, -0.2) is 40.8 Å². The molecule has 0 spiro atoms. The first-order chi connectivity index (χ1) is 18.0. The van der Waals surface area contributed by atoms with Crippen LogP contribution in [0.5, 0.6) is 17.2 Å². The van der Waals surface area contributed by atoms with Gasteiger partial charge in [-0.15, -0.1) is 21.5 Å². The number of thiazole rings is 1. The maximum Gasteiger partial charge on any atom is 0.257 e. The molecule has 37 heavy (non-hydrogen) atoms. The summed E-state index contributed by atoms with van der Waals surface area (Å²) < 4.78 is 18.0. The SMILES string of the molecule is CC(C)c1nnc(-c2ccc(Oc3cc(OCC4CCCNC4)cc(C(=O)Nc4nccs4)c3)cc2)o1. The van der Waals surface area contributed by atoms with Gasteiger partial charge in [0.15, 0.2) is 5.13 Å². The van der Waals surface area contributed by atoms with Crippen LogP contribution in [0.2, 0.25) is 0 Å². The summed E-state index contributed by atoms with van der Waals surface area (Å²) in [6.45, 7) is 6.55. The van der Waals surface area contributed by atoms with Crippen LogP contribution in [-0.2, 0) is 0 Å². The van der Waals surface area contributed by atoms with E-state index in [0.29, 0.717) is 52.2 Å². The molecule has 1 amide bonds. The molecule has 1 fully saturated rings. The Balaban J connectivity index is 1.33. The molecule has 1 unspecified atom stereocenters. The minimum Gasteiger partial charge on any atom is -0.493 e. The zero-order valence-electron chi connectivity index (χ0n) is 20.8. The normalized spacial score (nSPS) is 15.5. The zero-order valence-corrected chi connectivity index (χ0v) is 21.6. The summed E-state index contributed by atoms with van der Waals surface area (Å²) in [6, 6.07) is 12.6. The van der Waals surface area contributed by atoms with Gasteiger partial charge in [-0.3, -0.25) is 10.1 Å². The van der Waals surface area contributed by atoms with Crippen molar-refractivity contribution in [3.05, 3.63) is 65.5 Å². The van der Waals surface area contributed by atoms with Crippen LogP contribution in [0.3, 0.4) is 0 Å². The van der Waals surface area contributed by atoms with Crippen LogP contribution in [0.15, 0.2) is 58.5 Å². The third-order valence-electron chi connectivity index (χ3n) is 5.95. The molecular formula is C27H29N5O4S. The molecule has 0 saturated carbocycles. The smallest absolute Gasteiger partial charge is 0.257 e. The van der Waals surface area contributed by atoms with E-state index in [2.05, 4.69) is 25.8 Å². The van der Waals surface area contributed by atoms with Gasteiger partial charge in [0.25, 0.3) is 5.91 Å². The maximum atomic E-state index is 12.9. The molecule has 1 saturated heterocycles. The second-order valence-electron chi connectivity index (χ2n) is 9.23. The standard InChI is InChI=1S/C27H29N5O4S/c1-17(2)25-31-32-26(36-25)19-5-7-21(8-6-19)35-23-13-20(24(33)30-27-29-10-11-37-27)12-22(14-23)34-16-18-4-3-9-28-15-18/h5-8,10-14,17-18,28H,3-4,9,15-16H2,1-2H3,(H,29,30,33). The topological polar surface area (TPSA) is 111 Å². The lowest BCUT2D eigenvalue weighted by Gasteiger charge is -2.23. The van der Waals surface area contributed by atoms with E-state index in [0.717, 1.165) is 31.5 Å². The number of carbonyl (C=O) groups excluding carboxylic acids is 1. The maximum absolute atomic E-state index is 12.9. The van der Waals surface area contributed by atoms with Crippen LogP contribution in [0.25, 0.3) is 11.5 Å². The average Bonchev–Trinajstić information content (AvgIpc) is 3.61. The van der Waals surface area contributed by atoms with Gasteiger partial charge < -0.3 is 19.2 Å². The zero-order chi connectivity index (χ0) is 25.6. The van der Waals surface area contributed by atoms with E-state index < -0.39 is 0 Å². The van der Waals surface area contributed by atoms with E-state index in [9.17, 15) is 4.79 Å². The van der Waals surface area contributed by atoms with Gasteiger partial charge in [0.05, 0.1) is 6.61 Å². The molecule has 2 N–H and O–H groups in total. The molecule has 0 bridgehead atoms. The summed E-state index contributed by atoms with van der Waals surface area (Å²) >= 11 is 1.36. The monoisotopic (exact) mass is 519 g/mol. The van der Waals surface area contributed by atoms with Crippen molar-refractivity contribution in [3.63, 3.8) is 0 Å². The number of hydrogen-bond acceptors (Lipinski definition) is 9. The van der Waals surface area contributed by atoms with Gasteiger partial charge in [-0.2, -0.15) is 0 Å². The molecule has 0 aliphatic carbocycles. The number of rotatable bonds is 9. The fraction of sp³-hybridized carbons (Fsp3) is 0.333. The largest absolute Gasteiger partial charge is 0.493 e. The Labute approximate surface area is 219 Å². The van der Waals surface area contributed by atoms with E-state index in [-0.39, 0.29) is 11.8 Å². The number of piperidine rings is 1. The minimum absolute atomic E-state index is 0.162. The van der Waals surface area contributed by atoms with Gasteiger partial charge in [0.2, 0.25) is 11.8 Å². The molecular weight excluding hydrogens is 490 g/mol. The molecule has 2 aromatic heterocycles. The Morgan fingerprint density at radius 2 is 2.00 bits per heavy atom. The number of hydrogen-bond donors (Lipinski definition) is 2. The Kier molecular flexibility index (Phi) is 7.76. The van der Waals surface area contributed by atoms with Crippen molar-refractivity contribution in [2.45, 2.75) is 32.6 Å². The Morgan fingerprint density at radius 3 is 2.70 bits per heavy atom. The van der Waals surface area contributed by atoms with Crippen molar-refractivity contribution < 1.29 is 18.7 Å². The fourth-order valence-corrected chi connectivity index (χ4v) is 4.49. The van der Waals surface area contributed by atoms with Gasteiger partial charge in [0, 0.05) is 47.2 Å². The van der Waals surface area contributed by atoms with Gasteiger partial charge >= 0.3 is 0 Å². The highest BCUT2D eigenvalue weighted by molar-refractivity contribution is 7.13. The van der Waals surface area contributed by atoms with Crippen LogP contribution in [0.1, 0.15) is 48.9 Å². The van der Waals surface area contributed by atoms with Crippen molar-refractivity contribution >= 4 is 22.4 Å². The predicted octanol–water partition coefficient (Wildman–Crippen LogP) is 5.74. The number of ether oxygens (including phenoxy) is 2. The fourth-order valence-electron chi connectivity index (χ4n) is 3.97. The molecule has 192 valence electrons. The number of aromatic nitrogens is 3. The quantitative estimate of drug-likeness (QED) is 0.288. The molecule has 1 aliphatic heterocycles. The number of amides is 1. The number of nitrogens with zero attached hydrogens (tertiary/aromatic N) is 3. The van der Waals surface area contributed by atoms with E-state index in [4.69, 9.17) is 13.9 Å². The Bertz CT molecular complexity index is 1320. The van der Waals surface area contributed by atoms with Crippen molar-refractivity contribution in [1.82, 2.24) is 20.5 Å². The predicted molar refractivity (Wildman–Crippen MR) is 141 cm³/mol. The first kappa shape index (κ1) is 24.9. The third kappa shape index (κ3) is 6.52. The molecule has 1 atom stereocenters. The van der Waals surface area contributed by atoms with Gasteiger partial charge in [-0.1, -0.05) is 13.8 Å². The summed E-state index contributed by atoms with van der Waals surface area (Å²) in [4.78, 5) is 17.1. The van der Waals surface area contributed by atoms with E-state index in [1.54, 1.807) is 24.4 Å². The average molecular weight is 520 g/mol. The Hall–Kier alpha value is -3.76. The second kappa shape index (κ2) is 11.5. The van der Waals surface area contributed by atoms with Gasteiger partial charge in [-0.25, -0.2) is 4.98 Å². The van der Waals surface area contributed by atoms with E-state index >= 15 is 0 Å². The molecule has 4 aromatic rings. The number of benzene rings is 2. The number of anilines is 1. The summed E-state index contributed by atoms with van der Waals surface area (Å²) in [6.07, 6.45) is 3.90. The number of carbonyl (C=O) groups is 1. The van der Waals surface area contributed by atoms with Crippen LogP contribution in [0.4, 0.5) is 5.13 Å². The first-order valence-electron chi connectivity index (χ1n) is 12.3. The number of nitrogens with one attached hydrogen (secondary N) is 2. The molecule has 2 aromatic carbocycles. The van der Waals surface area contributed by atoms with Crippen molar-refractivity contribution in [3.8, 4) is 28.7 Å². The molecule has 10 heteroatoms. The summed E-state index contributed by atoms with van der Waals surface area (Å²) in [7, 11) is 0. The van der Waals surface area contributed by atoms with Crippen molar-refractivity contribution in [2.24, 2.45) is 5.92 Å². The highest BCUT2D eigenvalue weighted by Crippen LogP contribution is 2.30. The summed E-state index contributed by atoms with van der Waals surface area (Å²) in [5, 5.41) is 16.8. The Morgan fingerprint density at radius 1 is 1.16 bits per heavy atom. The highest BCUT2D eigenvalue weighted by atomic mass is 32.1. The van der Waals surface area contributed by atoms with E-state index in [1.807, 2.05) is 43.5 Å². The summed E-state index contributed by atoms with van der Waals surface area (Å²) in [5.74, 6) is 3.05. The summed E-state index contributed by atoms with van der Waals surface area (Å²) in [5.41, 5.74) is 1.22. The highest BCUT2D eigenvalue weighted by Gasteiger charge is 2.17. The lowest BCUT2D eigenvalue weighted by molar-refractivity contribution is 0.102. The van der Waals surface area contributed by atoms with Crippen molar-refractivity contribution in [1.29, 1.82) is 0 Å². The van der Waals surface area contributed by atoms with Crippen LogP contribution in [0, 0.1) is 5.92 Å². The lowest BCUT2D eigenvalue weighted by Crippen LogP contribution is -2.33. The molecule has 9 nitrogen and oxygen atoms in total. The molecule has 5 rings (SSSR count). The van der Waals surface area contributed by atoms with E-state index in [1.165, 1.54) is 11.3 Å². The molecule has 3 heterocycles. The molecule has 1 aliphatic rings. The third-order valence-corrected chi connectivity index (χ3v) is 6.64. The van der Waals surface area contributed by atoms with Crippen LogP contribution >= 0.6 is 11.3 Å². The second-order valence-corrected chi connectivity index (χ2v) is 10.1. The lowest BCUT2D eigenvalue weighted by atomic mass is 10.0. The van der Waals surface area contributed by atoms with Gasteiger partial charge in [0.1, 0.15) is 17.2 Å². The van der Waals surface area contributed by atoms with Crippen LogP contribution < -0.4 is 20.1 Å². The van der Waals surface area contributed by atoms with Crippen molar-refractivity contribution in [2.75, 3.05) is 25.0 Å². The minimum atomic E-state index is -0.280. The molecule has 0 radical (unpaired) electrons.